The molecule has 0 aromatic heterocycles. The van der Waals surface area contributed by atoms with Crippen LogP contribution in [0.4, 0.5) is 0 Å². The molecule has 1 rings (SSSR count). The van der Waals surface area contributed by atoms with Gasteiger partial charge in [0.2, 0.25) is 0 Å². The van der Waals surface area contributed by atoms with Crippen LogP contribution in [0, 0.1) is 11.3 Å². The van der Waals surface area contributed by atoms with Crippen molar-refractivity contribution in [3.63, 3.8) is 0 Å². The predicted octanol–water partition coefficient (Wildman–Crippen LogP) is 2.51. The van der Waals surface area contributed by atoms with E-state index in [0.717, 1.165) is 12.0 Å². The minimum Gasteiger partial charge on any atom is -0.359 e. The Kier molecular flexibility index (Phi) is 4.01. The van der Waals surface area contributed by atoms with Gasteiger partial charge in [0.05, 0.1) is 12.7 Å². The third-order valence-corrected chi connectivity index (χ3v) is 1.81. The largest absolute Gasteiger partial charge is 0.359 e. The number of hydrogen-bond donors (Lipinski definition) is 0. The molecular formula is C11H13NO. The van der Waals surface area contributed by atoms with E-state index in [2.05, 4.69) is 6.07 Å². The lowest BCUT2D eigenvalue weighted by atomic mass is 10.2. The second-order valence-electron chi connectivity index (χ2n) is 2.82. The first kappa shape index (κ1) is 9.76. The van der Waals surface area contributed by atoms with Gasteiger partial charge >= 0.3 is 0 Å². The number of nitriles is 1. The highest BCUT2D eigenvalue weighted by Gasteiger charge is 2.03. The van der Waals surface area contributed by atoms with E-state index in [9.17, 15) is 0 Å². The first-order valence-corrected chi connectivity index (χ1v) is 4.42. The average Bonchev–Trinajstić information content (AvgIpc) is 2.21. The zero-order chi connectivity index (χ0) is 9.52. The van der Waals surface area contributed by atoms with Crippen molar-refractivity contribution in [1.29, 1.82) is 5.26 Å². The minimum atomic E-state index is -0.278. The second kappa shape index (κ2) is 5.34. The summed E-state index contributed by atoms with van der Waals surface area (Å²) in [5.41, 5.74) is 1.11. The van der Waals surface area contributed by atoms with Crippen LogP contribution in [0.2, 0.25) is 0 Å². The highest BCUT2D eigenvalue weighted by atomic mass is 16.5. The molecule has 2 nitrogen and oxygen atoms in total. The predicted molar refractivity (Wildman–Crippen MR) is 50.9 cm³/mol. The van der Waals surface area contributed by atoms with Gasteiger partial charge in [0.1, 0.15) is 6.10 Å². The van der Waals surface area contributed by atoms with Crippen LogP contribution in [0.1, 0.15) is 18.9 Å². The van der Waals surface area contributed by atoms with Crippen LogP contribution in [-0.4, -0.2) is 6.10 Å². The Balaban J connectivity index is 2.40. The molecule has 0 aliphatic rings. The molecule has 1 aromatic carbocycles. The van der Waals surface area contributed by atoms with Gasteiger partial charge in [-0.3, -0.25) is 0 Å². The summed E-state index contributed by atoms with van der Waals surface area (Å²) < 4.78 is 5.37. The number of ether oxygens (including phenoxy) is 1. The van der Waals surface area contributed by atoms with Crippen molar-refractivity contribution >= 4 is 0 Å². The molecule has 0 spiro atoms. The third-order valence-electron chi connectivity index (χ3n) is 1.81. The Bertz CT molecular complexity index is 276. The van der Waals surface area contributed by atoms with Gasteiger partial charge in [-0.15, -0.1) is 0 Å². The summed E-state index contributed by atoms with van der Waals surface area (Å²) in [6, 6.07) is 12.0. The van der Waals surface area contributed by atoms with Gasteiger partial charge in [0.25, 0.3) is 0 Å². The average molecular weight is 175 g/mol. The number of benzene rings is 1. The summed E-state index contributed by atoms with van der Waals surface area (Å²) in [5, 5.41) is 8.63. The lowest BCUT2D eigenvalue weighted by Gasteiger charge is -2.07. The lowest BCUT2D eigenvalue weighted by molar-refractivity contribution is 0.0745. The van der Waals surface area contributed by atoms with Crippen LogP contribution < -0.4 is 0 Å². The van der Waals surface area contributed by atoms with E-state index in [1.165, 1.54) is 0 Å². The quantitative estimate of drug-likeness (QED) is 0.704. The number of nitrogens with zero attached hydrogens (tertiary/aromatic N) is 1. The van der Waals surface area contributed by atoms with Gasteiger partial charge < -0.3 is 4.74 Å². The van der Waals surface area contributed by atoms with Crippen LogP contribution in [0.15, 0.2) is 30.3 Å². The van der Waals surface area contributed by atoms with E-state index in [4.69, 9.17) is 10.00 Å². The standard InChI is InChI=1S/C11H13NO/c1-2-11(8-12)13-9-10-6-4-3-5-7-10/h3-7,11H,2,9H2,1H3/t11-/m0/s1. The molecule has 13 heavy (non-hydrogen) atoms. The molecule has 0 amide bonds. The molecule has 0 heterocycles. The summed E-state index contributed by atoms with van der Waals surface area (Å²) in [4.78, 5) is 0. The van der Waals surface area contributed by atoms with Gasteiger partial charge in [-0.1, -0.05) is 37.3 Å². The summed E-state index contributed by atoms with van der Waals surface area (Å²) in [6.07, 6.45) is 0.462. The normalized spacial score (nSPS) is 12.0. The van der Waals surface area contributed by atoms with Crippen LogP contribution >= 0.6 is 0 Å². The fourth-order valence-corrected chi connectivity index (χ4v) is 1.02. The smallest absolute Gasteiger partial charge is 0.144 e. The Morgan fingerprint density at radius 1 is 1.38 bits per heavy atom. The molecule has 0 aliphatic carbocycles. The van der Waals surface area contributed by atoms with Gasteiger partial charge in [-0.2, -0.15) is 5.26 Å². The van der Waals surface area contributed by atoms with Gasteiger partial charge in [-0.05, 0) is 12.0 Å². The first-order chi connectivity index (χ1) is 6.36. The molecule has 0 radical (unpaired) electrons. The maximum Gasteiger partial charge on any atom is 0.144 e. The topological polar surface area (TPSA) is 33.0 Å². The van der Waals surface area contributed by atoms with Crippen LogP contribution in [0.5, 0.6) is 0 Å². The van der Waals surface area contributed by atoms with E-state index >= 15 is 0 Å². The van der Waals surface area contributed by atoms with E-state index in [-0.39, 0.29) is 6.10 Å². The van der Waals surface area contributed by atoms with E-state index < -0.39 is 0 Å². The lowest BCUT2D eigenvalue weighted by Crippen LogP contribution is -2.08. The SMILES string of the molecule is CC[C@@H](C#N)OCc1ccccc1. The highest BCUT2D eigenvalue weighted by molar-refractivity contribution is 5.13. The molecule has 0 unspecified atom stereocenters. The Morgan fingerprint density at radius 2 is 2.08 bits per heavy atom. The van der Waals surface area contributed by atoms with Crippen LogP contribution in [0.3, 0.4) is 0 Å². The highest BCUT2D eigenvalue weighted by Crippen LogP contribution is 2.04. The van der Waals surface area contributed by atoms with Crippen molar-refractivity contribution in [2.75, 3.05) is 0 Å². The minimum absolute atomic E-state index is 0.278. The molecule has 0 N–H and O–H groups in total. The Morgan fingerprint density at radius 3 is 2.62 bits per heavy atom. The molecule has 2 heteroatoms. The monoisotopic (exact) mass is 175 g/mol. The maximum atomic E-state index is 8.63. The molecule has 0 fully saturated rings. The van der Waals surface area contributed by atoms with Crippen LogP contribution in [0.25, 0.3) is 0 Å². The van der Waals surface area contributed by atoms with E-state index in [1.54, 1.807) is 0 Å². The molecule has 1 atom stereocenters. The summed E-state index contributed by atoms with van der Waals surface area (Å²) >= 11 is 0. The Labute approximate surface area is 78.8 Å². The fourth-order valence-electron chi connectivity index (χ4n) is 1.02. The molecule has 0 saturated carbocycles. The van der Waals surface area contributed by atoms with E-state index in [0.29, 0.717) is 6.61 Å². The molecule has 68 valence electrons. The van der Waals surface area contributed by atoms with Crippen molar-refractivity contribution in [3.8, 4) is 6.07 Å². The molecular weight excluding hydrogens is 162 g/mol. The maximum absolute atomic E-state index is 8.63. The van der Waals surface area contributed by atoms with Gasteiger partial charge in [-0.25, -0.2) is 0 Å². The van der Waals surface area contributed by atoms with Crippen molar-refractivity contribution in [1.82, 2.24) is 0 Å². The van der Waals surface area contributed by atoms with Crippen LogP contribution in [-0.2, 0) is 11.3 Å². The molecule has 0 aliphatic heterocycles. The van der Waals surface area contributed by atoms with Gasteiger partial charge in [0, 0.05) is 0 Å². The van der Waals surface area contributed by atoms with E-state index in [1.807, 2.05) is 37.3 Å². The molecule has 0 bridgehead atoms. The summed E-state index contributed by atoms with van der Waals surface area (Å²) in [5.74, 6) is 0. The molecule has 0 saturated heterocycles. The summed E-state index contributed by atoms with van der Waals surface area (Å²) in [7, 11) is 0. The zero-order valence-corrected chi connectivity index (χ0v) is 7.73. The number of hydrogen-bond acceptors (Lipinski definition) is 2. The Hall–Kier alpha value is -1.33. The first-order valence-electron chi connectivity index (χ1n) is 4.42. The van der Waals surface area contributed by atoms with Crippen molar-refractivity contribution in [2.24, 2.45) is 0 Å². The number of rotatable bonds is 4. The van der Waals surface area contributed by atoms with Crippen molar-refractivity contribution < 1.29 is 4.74 Å². The fraction of sp³-hybridized carbons (Fsp3) is 0.364. The third kappa shape index (κ3) is 3.27. The van der Waals surface area contributed by atoms with Gasteiger partial charge in [0.15, 0.2) is 0 Å². The molecule has 1 aromatic rings. The second-order valence-corrected chi connectivity index (χ2v) is 2.82. The zero-order valence-electron chi connectivity index (χ0n) is 7.73. The van der Waals surface area contributed by atoms with Crippen molar-refractivity contribution in [3.05, 3.63) is 35.9 Å². The van der Waals surface area contributed by atoms with Crippen molar-refractivity contribution in [2.45, 2.75) is 26.1 Å². The summed E-state index contributed by atoms with van der Waals surface area (Å²) in [6.45, 7) is 2.46.